The first-order valence-corrected chi connectivity index (χ1v) is 7.75. The number of aryl methyl sites for hydroxylation is 3. The van der Waals surface area contributed by atoms with E-state index >= 15 is 0 Å². The molecule has 0 fully saturated rings. The van der Waals surface area contributed by atoms with Gasteiger partial charge in [-0.25, -0.2) is 13.4 Å². The summed E-state index contributed by atoms with van der Waals surface area (Å²) >= 11 is 1.01. The van der Waals surface area contributed by atoms with E-state index in [-0.39, 0.29) is 10.0 Å². The number of nitrogens with two attached hydrogens (primary N) is 1. The van der Waals surface area contributed by atoms with Gasteiger partial charge in [-0.2, -0.15) is 4.37 Å². The lowest BCUT2D eigenvalue weighted by Crippen LogP contribution is -2.16. The third-order valence-corrected chi connectivity index (χ3v) is 5.00. The van der Waals surface area contributed by atoms with Gasteiger partial charge in [0.2, 0.25) is 5.13 Å². The first-order chi connectivity index (χ1) is 8.79. The standard InChI is InChI=1S/C11H14N4O2S2/c1-6-4-9(12)5-7(2)10(6)19(16,17)15-11-13-8(3)14-18-11/h4-5H,12H2,1-3H3,(H,13,14,15). The van der Waals surface area contributed by atoms with Crippen LogP contribution in [0.1, 0.15) is 17.0 Å². The molecule has 1 aromatic carbocycles. The molecule has 2 aromatic rings. The summed E-state index contributed by atoms with van der Waals surface area (Å²) in [6.45, 7) is 5.13. The van der Waals surface area contributed by atoms with Gasteiger partial charge in [0, 0.05) is 17.2 Å². The quantitative estimate of drug-likeness (QED) is 0.843. The zero-order valence-corrected chi connectivity index (χ0v) is 12.4. The molecule has 0 spiro atoms. The topological polar surface area (TPSA) is 98.0 Å². The van der Waals surface area contributed by atoms with Gasteiger partial charge in [-0.05, 0) is 44.0 Å². The zero-order valence-electron chi connectivity index (χ0n) is 10.8. The summed E-state index contributed by atoms with van der Waals surface area (Å²) in [5.74, 6) is 0.536. The number of hydrogen-bond acceptors (Lipinski definition) is 6. The number of anilines is 2. The minimum Gasteiger partial charge on any atom is -0.399 e. The number of aromatic nitrogens is 2. The van der Waals surface area contributed by atoms with E-state index < -0.39 is 10.0 Å². The van der Waals surface area contributed by atoms with Gasteiger partial charge in [0.1, 0.15) is 5.82 Å². The Morgan fingerprint density at radius 2 is 1.79 bits per heavy atom. The van der Waals surface area contributed by atoms with Crippen LogP contribution in [0.3, 0.4) is 0 Å². The minimum atomic E-state index is -3.68. The number of nitrogens with one attached hydrogen (secondary N) is 1. The van der Waals surface area contributed by atoms with Gasteiger partial charge in [0.15, 0.2) is 0 Å². The maximum Gasteiger partial charge on any atom is 0.264 e. The minimum absolute atomic E-state index is 0.231. The van der Waals surface area contributed by atoms with E-state index in [9.17, 15) is 8.42 Å². The van der Waals surface area contributed by atoms with Gasteiger partial charge in [-0.3, -0.25) is 4.72 Å². The fourth-order valence-corrected chi connectivity index (χ4v) is 4.17. The molecule has 0 amide bonds. The normalized spacial score (nSPS) is 11.5. The predicted octanol–water partition coefficient (Wildman–Crippen LogP) is 1.85. The van der Waals surface area contributed by atoms with Crippen LogP contribution < -0.4 is 10.5 Å². The Morgan fingerprint density at radius 1 is 1.21 bits per heavy atom. The number of nitrogen functional groups attached to an aromatic ring is 1. The summed E-state index contributed by atoms with van der Waals surface area (Å²) in [6, 6.07) is 3.26. The number of sulfonamides is 1. The maximum atomic E-state index is 12.4. The molecule has 1 aromatic heterocycles. The molecule has 102 valence electrons. The van der Waals surface area contributed by atoms with Crippen LogP contribution in [-0.4, -0.2) is 17.8 Å². The van der Waals surface area contributed by atoms with Crippen molar-refractivity contribution < 1.29 is 8.42 Å². The smallest absolute Gasteiger partial charge is 0.264 e. The Labute approximate surface area is 115 Å². The summed E-state index contributed by atoms with van der Waals surface area (Å²) in [5, 5.41) is 0.258. The van der Waals surface area contributed by atoms with E-state index in [1.165, 1.54) is 0 Å². The SMILES string of the molecule is Cc1nsc(NS(=O)(=O)c2c(C)cc(N)cc2C)n1. The van der Waals surface area contributed by atoms with Crippen LogP contribution in [0.25, 0.3) is 0 Å². The fraction of sp³-hybridized carbons (Fsp3) is 0.273. The predicted molar refractivity (Wildman–Crippen MR) is 75.8 cm³/mol. The van der Waals surface area contributed by atoms with Crippen LogP contribution in [0.15, 0.2) is 17.0 Å². The molecule has 0 aliphatic carbocycles. The Kier molecular flexibility index (Phi) is 3.46. The molecule has 0 saturated heterocycles. The van der Waals surface area contributed by atoms with E-state index in [1.807, 2.05) is 0 Å². The lowest BCUT2D eigenvalue weighted by atomic mass is 10.1. The van der Waals surface area contributed by atoms with E-state index in [2.05, 4.69) is 14.1 Å². The van der Waals surface area contributed by atoms with Crippen molar-refractivity contribution in [2.24, 2.45) is 0 Å². The second-order valence-corrected chi connectivity index (χ2v) is 6.61. The van der Waals surface area contributed by atoms with E-state index in [1.54, 1.807) is 32.9 Å². The van der Waals surface area contributed by atoms with Crippen LogP contribution in [0.4, 0.5) is 10.8 Å². The highest BCUT2D eigenvalue weighted by molar-refractivity contribution is 7.93. The van der Waals surface area contributed by atoms with Crippen LogP contribution in [-0.2, 0) is 10.0 Å². The molecule has 3 N–H and O–H groups in total. The molecule has 0 radical (unpaired) electrons. The van der Waals surface area contributed by atoms with Crippen molar-refractivity contribution in [3.63, 3.8) is 0 Å². The van der Waals surface area contributed by atoms with Gasteiger partial charge < -0.3 is 5.73 Å². The van der Waals surface area contributed by atoms with Crippen molar-refractivity contribution in [2.75, 3.05) is 10.5 Å². The number of benzene rings is 1. The Hall–Kier alpha value is -1.67. The van der Waals surface area contributed by atoms with Gasteiger partial charge in [-0.1, -0.05) is 0 Å². The largest absolute Gasteiger partial charge is 0.399 e. The van der Waals surface area contributed by atoms with Gasteiger partial charge in [-0.15, -0.1) is 0 Å². The molecular formula is C11H14N4O2S2. The molecule has 0 bridgehead atoms. The Bertz CT molecular complexity index is 699. The molecule has 19 heavy (non-hydrogen) atoms. The van der Waals surface area contributed by atoms with Crippen molar-refractivity contribution in [3.05, 3.63) is 29.1 Å². The summed E-state index contributed by atoms with van der Waals surface area (Å²) in [6.07, 6.45) is 0. The lowest BCUT2D eigenvalue weighted by molar-refractivity contribution is 0.600. The Morgan fingerprint density at radius 3 is 2.26 bits per heavy atom. The highest BCUT2D eigenvalue weighted by Crippen LogP contribution is 2.25. The van der Waals surface area contributed by atoms with Crippen LogP contribution in [0, 0.1) is 20.8 Å². The first-order valence-electron chi connectivity index (χ1n) is 5.49. The van der Waals surface area contributed by atoms with Crippen LogP contribution in [0.2, 0.25) is 0 Å². The number of nitrogens with zero attached hydrogens (tertiary/aromatic N) is 2. The molecule has 0 atom stereocenters. The fourth-order valence-electron chi connectivity index (χ4n) is 1.91. The molecule has 0 saturated carbocycles. The maximum absolute atomic E-state index is 12.4. The van der Waals surface area contributed by atoms with Crippen LogP contribution in [0.5, 0.6) is 0 Å². The van der Waals surface area contributed by atoms with Crippen molar-refractivity contribution in [1.82, 2.24) is 9.36 Å². The third-order valence-electron chi connectivity index (χ3n) is 2.50. The average molecular weight is 298 g/mol. The van der Waals surface area contributed by atoms with Crippen molar-refractivity contribution in [2.45, 2.75) is 25.7 Å². The second-order valence-electron chi connectivity index (χ2n) is 4.24. The number of rotatable bonds is 3. The van der Waals surface area contributed by atoms with Gasteiger partial charge >= 0.3 is 0 Å². The van der Waals surface area contributed by atoms with E-state index in [4.69, 9.17) is 5.73 Å². The molecule has 0 aliphatic rings. The summed E-state index contributed by atoms with van der Waals surface area (Å²) in [4.78, 5) is 4.22. The van der Waals surface area contributed by atoms with Crippen LogP contribution >= 0.6 is 11.5 Å². The number of hydrogen-bond donors (Lipinski definition) is 2. The third kappa shape index (κ3) is 2.85. The zero-order chi connectivity index (χ0) is 14.2. The van der Waals surface area contributed by atoms with Gasteiger partial charge in [0.05, 0.1) is 4.90 Å². The molecule has 6 nitrogen and oxygen atoms in total. The summed E-state index contributed by atoms with van der Waals surface area (Å²) in [7, 11) is -3.68. The monoisotopic (exact) mass is 298 g/mol. The Balaban J connectivity index is 2.45. The van der Waals surface area contributed by atoms with E-state index in [0.29, 0.717) is 22.6 Å². The highest BCUT2D eigenvalue weighted by Gasteiger charge is 2.21. The van der Waals surface area contributed by atoms with Crippen molar-refractivity contribution in [3.8, 4) is 0 Å². The summed E-state index contributed by atoms with van der Waals surface area (Å²) in [5.41, 5.74) is 7.44. The van der Waals surface area contributed by atoms with Crippen molar-refractivity contribution >= 4 is 32.4 Å². The molecule has 1 heterocycles. The lowest BCUT2D eigenvalue weighted by Gasteiger charge is -2.11. The average Bonchev–Trinajstić information content (AvgIpc) is 2.60. The molecular weight excluding hydrogens is 284 g/mol. The van der Waals surface area contributed by atoms with E-state index in [0.717, 1.165) is 11.5 Å². The van der Waals surface area contributed by atoms with Gasteiger partial charge in [0.25, 0.3) is 10.0 Å². The molecule has 0 aliphatic heterocycles. The molecule has 0 unspecified atom stereocenters. The highest BCUT2D eigenvalue weighted by atomic mass is 32.2. The second kappa shape index (κ2) is 4.78. The molecule has 8 heteroatoms. The molecule has 2 rings (SSSR count). The summed E-state index contributed by atoms with van der Waals surface area (Å²) < 4.78 is 31.1. The van der Waals surface area contributed by atoms with Crippen molar-refractivity contribution in [1.29, 1.82) is 0 Å². The first kappa shape index (κ1) is 13.8.